The van der Waals surface area contributed by atoms with Crippen molar-refractivity contribution >= 4 is 12.4 Å². The van der Waals surface area contributed by atoms with Gasteiger partial charge in [0.1, 0.15) is 6.29 Å². The van der Waals surface area contributed by atoms with Crippen molar-refractivity contribution in [3.05, 3.63) is 12.2 Å². The highest BCUT2D eigenvalue weighted by Crippen LogP contribution is 2.10. The third-order valence-electron chi connectivity index (χ3n) is 4.48. The molecule has 0 aromatic rings. The summed E-state index contributed by atoms with van der Waals surface area (Å²) in [6, 6.07) is 0.110. The van der Waals surface area contributed by atoms with E-state index in [4.69, 9.17) is 5.11 Å². The second kappa shape index (κ2) is 17.5. The van der Waals surface area contributed by atoms with Crippen LogP contribution in [0.4, 0.5) is 4.79 Å². The molecule has 1 unspecified atom stereocenters. The van der Waals surface area contributed by atoms with Crippen molar-refractivity contribution in [1.29, 1.82) is 0 Å². The summed E-state index contributed by atoms with van der Waals surface area (Å²) in [6.45, 7) is 2.55. The first-order valence-corrected chi connectivity index (χ1v) is 9.89. The minimum Gasteiger partial charge on any atom is -0.465 e. The number of nitrogens with zero attached hydrogens (tertiary/aromatic N) is 1. The monoisotopic (exact) mass is 354 g/mol. The predicted octanol–water partition coefficient (Wildman–Crippen LogP) is 4.62. The molecule has 0 aromatic carbocycles. The Kier molecular flexibility index (Phi) is 16.5. The number of carbonyl (C=O) groups excluding carboxylic acids is 1. The number of carbonyl (C=O) groups is 2. The molecule has 0 fully saturated rings. The van der Waals surface area contributed by atoms with Gasteiger partial charge < -0.3 is 15.2 Å². The van der Waals surface area contributed by atoms with Crippen LogP contribution >= 0.6 is 0 Å². The van der Waals surface area contributed by atoms with E-state index in [1.165, 1.54) is 56.3 Å². The van der Waals surface area contributed by atoms with Gasteiger partial charge in [-0.15, -0.1) is 0 Å². The molecule has 0 radical (unpaired) electrons. The summed E-state index contributed by atoms with van der Waals surface area (Å²) in [7, 11) is 1.84. The van der Waals surface area contributed by atoms with Crippen LogP contribution < -0.4 is 5.32 Å². The van der Waals surface area contributed by atoms with Crippen LogP contribution in [0.1, 0.15) is 77.6 Å². The molecule has 25 heavy (non-hydrogen) atoms. The second-order valence-corrected chi connectivity index (χ2v) is 6.65. The van der Waals surface area contributed by atoms with Gasteiger partial charge in [0.2, 0.25) is 0 Å². The molecule has 0 spiro atoms. The first-order chi connectivity index (χ1) is 12.2. The van der Waals surface area contributed by atoms with Crippen LogP contribution in [0, 0.1) is 0 Å². The van der Waals surface area contributed by atoms with E-state index in [-0.39, 0.29) is 12.6 Å². The minimum absolute atomic E-state index is 0.0572. The maximum Gasteiger partial charge on any atom is 0.407 e. The topological polar surface area (TPSA) is 69.6 Å². The van der Waals surface area contributed by atoms with Gasteiger partial charge in [-0.3, -0.25) is 4.90 Å². The zero-order valence-corrected chi connectivity index (χ0v) is 16.2. The summed E-state index contributed by atoms with van der Waals surface area (Å²) in [5.41, 5.74) is 0. The Morgan fingerprint density at radius 2 is 1.64 bits per heavy atom. The Balaban J connectivity index is 3.65. The summed E-state index contributed by atoms with van der Waals surface area (Å²) in [5, 5.41) is 12.2. The van der Waals surface area contributed by atoms with Gasteiger partial charge in [0.05, 0.1) is 6.54 Å². The summed E-state index contributed by atoms with van der Waals surface area (Å²) in [4.78, 5) is 22.7. The van der Waals surface area contributed by atoms with Crippen molar-refractivity contribution < 1.29 is 14.7 Å². The van der Waals surface area contributed by atoms with E-state index in [1.807, 2.05) is 7.05 Å². The smallest absolute Gasteiger partial charge is 0.407 e. The second-order valence-electron chi connectivity index (χ2n) is 6.65. The molecular formula is C20H38N2O3. The van der Waals surface area contributed by atoms with E-state index in [9.17, 15) is 9.59 Å². The van der Waals surface area contributed by atoms with E-state index >= 15 is 0 Å². The Bertz CT molecular complexity index is 359. The molecule has 2 N–H and O–H groups in total. The zero-order valence-electron chi connectivity index (χ0n) is 16.2. The molecule has 1 atom stereocenters. The maximum atomic E-state index is 11.0. The van der Waals surface area contributed by atoms with E-state index < -0.39 is 6.09 Å². The molecule has 0 aliphatic heterocycles. The molecule has 146 valence electrons. The average molecular weight is 355 g/mol. The number of nitrogens with one attached hydrogen (secondary N) is 1. The highest BCUT2D eigenvalue weighted by molar-refractivity contribution is 5.69. The fourth-order valence-electron chi connectivity index (χ4n) is 2.84. The lowest BCUT2D eigenvalue weighted by molar-refractivity contribution is -0.108. The molecule has 0 saturated carbocycles. The predicted molar refractivity (Wildman–Crippen MR) is 104 cm³/mol. The molecule has 0 aliphatic rings. The fraction of sp³-hybridized carbons (Fsp3) is 0.800. The van der Waals surface area contributed by atoms with Crippen molar-refractivity contribution in [2.45, 2.75) is 83.6 Å². The summed E-state index contributed by atoms with van der Waals surface area (Å²) in [6.07, 6.45) is 17.5. The van der Waals surface area contributed by atoms with Crippen LogP contribution in [-0.2, 0) is 4.79 Å². The minimum atomic E-state index is -1.03. The van der Waals surface area contributed by atoms with Crippen LogP contribution in [0.2, 0.25) is 0 Å². The van der Waals surface area contributed by atoms with Crippen molar-refractivity contribution in [3.8, 4) is 0 Å². The van der Waals surface area contributed by atoms with Crippen molar-refractivity contribution in [3.63, 3.8) is 0 Å². The normalized spacial score (nSPS) is 12.4. The van der Waals surface area contributed by atoms with E-state index in [0.29, 0.717) is 12.8 Å². The standard InChI is InChI=1S/C20H38N2O3/c1-3-4-5-6-7-8-9-10-11-12-13-14-15-19(21-2)18-22(16-17-23)20(24)25/h8-9,17,19,21H,3-7,10-16,18H2,1-2H3,(H,24,25)/b9-8-. The lowest BCUT2D eigenvalue weighted by Crippen LogP contribution is -2.42. The number of hydrogen-bond donors (Lipinski definition) is 2. The Morgan fingerprint density at radius 1 is 1.04 bits per heavy atom. The maximum absolute atomic E-state index is 11.0. The first-order valence-electron chi connectivity index (χ1n) is 9.89. The van der Waals surface area contributed by atoms with E-state index in [1.54, 1.807) is 0 Å². The molecule has 0 rings (SSSR count). The number of hydrogen-bond acceptors (Lipinski definition) is 3. The first kappa shape index (κ1) is 23.6. The number of aldehydes is 1. The van der Waals surface area contributed by atoms with Crippen LogP contribution in [0.5, 0.6) is 0 Å². The molecule has 0 aliphatic carbocycles. The lowest BCUT2D eigenvalue weighted by atomic mass is 10.1. The van der Waals surface area contributed by atoms with Crippen LogP contribution in [-0.4, -0.2) is 48.6 Å². The van der Waals surface area contributed by atoms with Gasteiger partial charge in [-0.25, -0.2) is 4.79 Å². The summed E-state index contributed by atoms with van der Waals surface area (Å²) in [5.74, 6) is 0. The third-order valence-corrected chi connectivity index (χ3v) is 4.48. The number of allylic oxidation sites excluding steroid dienone is 2. The number of amides is 1. The summed E-state index contributed by atoms with van der Waals surface area (Å²) >= 11 is 0. The third kappa shape index (κ3) is 14.7. The summed E-state index contributed by atoms with van der Waals surface area (Å²) < 4.78 is 0. The van der Waals surface area contributed by atoms with Crippen molar-refractivity contribution in [2.75, 3.05) is 20.1 Å². The van der Waals surface area contributed by atoms with Gasteiger partial charge in [-0.2, -0.15) is 0 Å². The van der Waals surface area contributed by atoms with Crippen LogP contribution in [0.15, 0.2) is 12.2 Å². The highest BCUT2D eigenvalue weighted by atomic mass is 16.4. The van der Waals surface area contributed by atoms with Gasteiger partial charge >= 0.3 is 6.09 Å². The van der Waals surface area contributed by atoms with Crippen molar-refractivity contribution in [1.82, 2.24) is 10.2 Å². The van der Waals surface area contributed by atoms with Crippen molar-refractivity contribution in [2.24, 2.45) is 0 Å². The lowest BCUT2D eigenvalue weighted by Gasteiger charge is -2.23. The Morgan fingerprint density at radius 3 is 2.16 bits per heavy atom. The molecule has 0 heterocycles. The largest absolute Gasteiger partial charge is 0.465 e. The quantitative estimate of drug-likeness (QED) is 0.227. The fourth-order valence-corrected chi connectivity index (χ4v) is 2.84. The number of likely N-dealkylation sites (N-methyl/N-ethyl adjacent to an activating group) is 1. The Labute approximate surface area is 153 Å². The molecule has 0 bridgehead atoms. The molecule has 5 nitrogen and oxygen atoms in total. The van der Waals surface area contributed by atoms with E-state index in [0.717, 1.165) is 19.3 Å². The molecule has 0 saturated heterocycles. The SMILES string of the molecule is CCCCCC/C=C\CCCCCCC(CN(CC=O)C(=O)O)NC. The van der Waals surface area contributed by atoms with Crippen LogP contribution in [0.3, 0.4) is 0 Å². The number of carboxylic acid groups (broad SMARTS) is 1. The van der Waals surface area contributed by atoms with Gasteiger partial charge in [-0.05, 0) is 39.2 Å². The zero-order chi connectivity index (χ0) is 18.8. The van der Waals surface area contributed by atoms with Gasteiger partial charge in [0, 0.05) is 12.6 Å². The molecule has 0 aromatic heterocycles. The highest BCUT2D eigenvalue weighted by Gasteiger charge is 2.16. The molecule has 1 amide bonds. The van der Waals surface area contributed by atoms with Gasteiger partial charge in [0.25, 0.3) is 0 Å². The van der Waals surface area contributed by atoms with Crippen LogP contribution in [0.25, 0.3) is 0 Å². The Hall–Kier alpha value is -1.36. The molecule has 5 heteroatoms. The van der Waals surface area contributed by atoms with E-state index in [2.05, 4.69) is 24.4 Å². The number of rotatable bonds is 17. The van der Waals surface area contributed by atoms with Gasteiger partial charge in [0.15, 0.2) is 0 Å². The molecular weight excluding hydrogens is 316 g/mol. The number of unbranched alkanes of at least 4 members (excludes halogenated alkanes) is 8. The average Bonchev–Trinajstić information content (AvgIpc) is 2.60. The van der Waals surface area contributed by atoms with Gasteiger partial charge in [-0.1, -0.05) is 57.6 Å².